The maximum atomic E-state index is 13.3. The van der Waals surface area contributed by atoms with Gasteiger partial charge in [0.2, 0.25) is 0 Å². The number of benzene rings is 2. The second-order valence-electron chi connectivity index (χ2n) is 5.01. The Morgan fingerprint density at radius 1 is 1.12 bits per heavy atom. The zero-order valence-corrected chi connectivity index (χ0v) is 14.1. The SMILES string of the molecule is COc1ccc(-c2cc(C(=O)O)sc2-c2ccc(F)cc2Cl)cc1. The summed E-state index contributed by atoms with van der Waals surface area (Å²) >= 11 is 7.27. The Balaban J connectivity index is 2.18. The summed E-state index contributed by atoms with van der Waals surface area (Å²) in [5.41, 5.74) is 2.16. The molecule has 0 aliphatic rings. The molecule has 24 heavy (non-hydrogen) atoms. The minimum Gasteiger partial charge on any atom is -0.497 e. The van der Waals surface area contributed by atoms with Crippen LogP contribution in [0.15, 0.2) is 48.5 Å². The summed E-state index contributed by atoms with van der Waals surface area (Å²) in [6.07, 6.45) is 0. The van der Waals surface area contributed by atoms with Gasteiger partial charge in [-0.1, -0.05) is 23.7 Å². The third kappa shape index (κ3) is 3.13. The topological polar surface area (TPSA) is 46.5 Å². The van der Waals surface area contributed by atoms with Crippen molar-refractivity contribution in [2.75, 3.05) is 7.11 Å². The van der Waals surface area contributed by atoms with Crippen LogP contribution in [0, 0.1) is 5.82 Å². The Morgan fingerprint density at radius 2 is 1.83 bits per heavy atom. The predicted octanol–water partition coefficient (Wildman–Crippen LogP) is 5.58. The highest BCUT2D eigenvalue weighted by Gasteiger charge is 2.18. The number of aromatic carboxylic acids is 1. The highest BCUT2D eigenvalue weighted by Crippen LogP contribution is 2.42. The first-order valence-corrected chi connectivity index (χ1v) is 8.16. The van der Waals surface area contributed by atoms with Crippen LogP contribution in [-0.4, -0.2) is 18.2 Å². The predicted molar refractivity (Wildman–Crippen MR) is 93.7 cm³/mol. The largest absolute Gasteiger partial charge is 0.497 e. The van der Waals surface area contributed by atoms with E-state index in [0.717, 1.165) is 22.5 Å². The van der Waals surface area contributed by atoms with Crippen LogP contribution in [0.4, 0.5) is 4.39 Å². The summed E-state index contributed by atoms with van der Waals surface area (Å²) in [7, 11) is 1.58. The van der Waals surface area contributed by atoms with Crippen molar-refractivity contribution >= 4 is 28.9 Å². The molecule has 122 valence electrons. The number of carbonyl (C=O) groups is 1. The summed E-state index contributed by atoms with van der Waals surface area (Å²) < 4.78 is 18.5. The zero-order chi connectivity index (χ0) is 17.3. The van der Waals surface area contributed by atoms with Crippen molar-refractivity contribution < 1.29 is 19.0 Å². The fraction of sp³-hybridized carbons (Fsp3) is 0.0556. The standard InChI is InChI=1S/C18H12ClFO3S/c1-23-12-5-2-10(3-6-12)14-9-16(18(21)22)24-17(14)13-7-4-11(20)8-15(13)19/h2-9H,1H3,(H,21,22). The Morgan fingerprint density at radius 3 is 2.42 bits per heavy atom. The molecule has 0 amide bonds. The molecule has 0 bridgehead atoms. The molecule has 0 aliphatic heterocycles. The van der Waals surface area contributed by atoms with Gasteiger partial charge < -0.3 is 9.84 Å². The Kier molecular flexibility index (Phi) is 4.55. The summed E-state index contributed by atoms with van der Waals surface area (Å²) in [5.74, 6) is -0.752. The molecule has 0 saturated carbocycles. The van der Waals surface area contributed by atoms with Crippen molar-refractivity contribution in [3.05, 3.63) is 64.2 Å². The summed E-state index contributed by atoms with van der Waals surface area (Å²) in [6, 6.07) is 13.0. The minimum atomic E-state index is -1.01. The summed E-state index contributed by atoms with van der Waals surface area (Å²) in [6.45, 7) is 0. The van der Waals surface area contributed by atoms with E-state index < -0.39 is 11.8 Å². The van der Waals surface area contributed by atoms with Crippen molar-refractivity contribution in [2.45, 2.75) is 0 Å². The highest BCUT2D eigenvalue weighted by molar-refractivity contribution is 7.18. The van der Waals surface area contributed by atoms with Crippen LogP contribution in [-0.2, 0) is 0 Å². The van der Waals surface area contributed by atoms with Gasteiger partial charge in [-0.25, -0.2) is 9.18 Å². The van der Waals surface area contributed by atoms with Crippen LogP contribution in [0.3, 0.4) is 0 Å². The fourth-order valence-corrected chi connectivity index (χ4v) is 3.73. The van der Waals surface area contributed by atoms with Crippen molar-refractivity contribution in [3.63, 3.8) is 0 Å². The molecule has 0 spiro atoms. The average Bonchev–Trinajstić information content (AvgIpc) is 3.00. The van der Waals surface area contributed by atoms with Crippen LogP contribution in [0.5, 0.6) is 5.75 Å². The second kappa shape index (κ2) is 6.63. The zero-order valence-electron chi connectivity index (χ0n) is 12.5. The Hall–Kier alpha value is -2.37. The number of halogens is 2. The third-order valence-corrected chi connectivity index (χ3v) is 4.99. The average molecular weight is 363 g/mol. The van der Waals surface area contributed by atoms with Crippen LogP contribution < -0.4 is 4.74 Å². The molecule has 2 aromatic carbocycles. The van der Waals surface area contributed by atoms with Gasteiger partial charge in [-0.2, -0.15) is 0 Å². The highest BCUT2D eigenvalue weighted by atomic mass is 35.5. The van der Waals surface area contributed by atoms with Gasteiger partial charge in [0.25, 0.3) is 0 Å². The van der Waals surface area contributed by atoms with E-state index in [1.165, 1.54) is 12.1 Å². The van der Waals surface area contributed by atoms with E-state index in [0.29, 0.717) is 16.2 Å². The van der Waals surface area contributed by atoms with Crippen LogP contribution in [0.2, 0.25) is 5.02 Å². The first kappa shape index (κ1) is 16.5. The van der Waals surface area contributed by atoms with Gasteiger partial charge >= 0.3 is 5.97 Å². The van der Waals surface area contributed by atoms with E-state index in [-0.39, 0.29) is 9.90 Å². The second-order valence-corrected chi connectivity index (χ2v) is 6.47. The number of methoxy groups -OCH3 is 1. The van der Waals surface area contributed by atoms with Gasteiger partial charge in [0.1, 0.15) is 16.4 Å². The normalized spacial score (nSPS) is 10.6. The number of carboxylic acids is 1. The Bertz CT molecular complexity index is 903. The van der Waals surface area contributed by atoms with E-state index in [1.807, 2.05) is 12.1 Å². The van der Waals surface area contributed by atoms with Crippen LogP contribution in [0.25, 0.3) is 21.6 Å². The molecule has 3 rings (SSSR count). The molecule has 0 unspecified atom stereocenters. The number of hydrogen-bond acceptors (Lipinski definition) is 3. The van der Waals surface area contributed by atoms with Gasteiger partial charge in [0, 0.05) is 16.0 Å². The van der Waals surface area contributed by atoms with E-state index in [1.54, 1.807) is 31.4 Å². The molecular formula is C18H12ClFO3S. The molecule has 0 atom stereocenters. The maximum Gasteiger partial charge on any atom is 0.345 e. The van der Waals surface area contributed by atoms with Crippen LogP contribution >= 0.6 is 22.9 Å². The first-order chi connectivity index (χ1) is 11.5. The van der Waals surface area contributed by atoms with E-state index >= 15 is 0 Å². The third-order valence-electron chi connectivity index (χ3n) is 3.52. The lowest BCUT2D eigenvalue weighted by Crippen LogP contribution is -1.89. The number of carboxylic acid groups (broad SMARTS) is 1. The molecule has 0 aliphatic carbocycles. The smallest absolute Gasteiger partial charge is 0.345 e. The molecule has 1 aromatic heterocycles. The molecule has 3 aromatic rings. The molecule has 6 heteroatoms. The van der Waals surface area contributed by atoms with Gasteiger partial charge in [-0.15, -0.1) is 11.3 Å². The van der Waals surface area contributed by atoms with E-state index in [9.17, 15) is 14.3 Å². The van der Waals surface area contributed by atoms with Crippen molar-refractivity contribution in [2.24, 2.45) is 0 Å². The number of thiophene rings is 1. The quantitative estimate of drug-likeness (QED) is 0.658. The van der Waals surface area contributed by atoms with Crippen LogP contribution in [0.1, 0.15) is 9.67 Å². The number of rotatable bonds is 4. The lowest BCUT2D eigenvalue weighted by atomic mass is 10.0. The molecule has 0 saturated heterocycles. The molecular weight excluding hydrogens is 351 g/mol. The fourth-order valence-electron chi connectivity index (χ4n) is 2.36. The number of hydrogen-bond donors (Lipinski definition) is 1. The van der Waals surface area contributed by atoms with Gasteiger partial charge in [-0.3, -0.25) is 0 Å². The lowest BCUT2D eigenvalue weighted by Gasteiger charge is -2.07. The first-order valence-electron chi connectivity index (χ1n) is 6.96. The van der Waals surface area contributed by atoms with Crippen molar-refractivity contribution in [3.8, 4) is 27.3 Å². The molecule has 0 fully saturated rings. The molecule has 0 radical (unpaired) electrons. The molecule has 1 N–H and O–H groups in total. The van der Waals surface area contributed by atoms with Gasteiger partial charge in [-0.05, 0) is 42.0 Å². The lowest BCUT2D eigenvalue weighted by molar-refractivity contribution is 0.0702. The Labute approximate surface area is 146 Å². The minimum absolute atomic E-state index is 0.191. The number of ether oxygens (including phenoxy) is 1. The summed E-state index contributed by atoms with van der Waals surface area (Å²) in [5, 5.41) is 9.55. The molecule has 3 nitrogen and oxygen atoms in total. The van der Waals surface area contributed by atoms with Gasteiger partial charge in [0.15, 0.2) is 0 Å². The van der Waals surface area contributed by atoms with E-state index in [4.69, 9.17) is 16.3 Å². The monoisotopic (exact) mass is 362 g/mol. The van der Waals surface area contributed by atoms with Crippen molar-refractivity contribution in [1.82, 2.24) is 0 Å². The maximum absolute atomic E-state index is 13.3. The van der Waals surface area contributed by atoms with Crippen molar-refractivity contribution in [1.29, 1.82) is 0 Å². The molecule has 1 heterocycles. The van der Waals surface area contributed by atoms with E-state index in [2.05, 4.69) is 0 Å². The van der Waals surface area contributed by atoms with Gasteiger partial charge in [0.05, 0.1) is 12.1 Å². The summed E-state index contributed by atoms with van der Waals surface area (Å²) in [4.78, 5) is 12.2.